The molecule has 19 heavy (non-hydrogen) atoms. The summed E-state index contributed by atoms with van der Waals surface area (Å²) in [5.41, 5.74) is 1.01. The summed E-state index contributed by atoms with van der Waals surface area (Å²) in [5.74, 6) is 0. The number of fused-ring (bicyclic) bond motifs is 2. The smallest absolute Gasteiger partial charge is 0.0836 e. The van der Waals surface area contributed by atoms with Crippen molar-refractivity contribution in [3.8, 4) is 0 Å². The fraction of sp³-hybridized carbons (Fsp3) is 0.111. The van der Waals surface area contributed by atoms with Crippen LogP contribution in [0.15, 0.2) is 67.3 Å². The molecule has 0 aliphatic rings. The molecule has 0 fully saturated rings. The van der Waals surface area contributed by atoms with Gasteiger partial charge in [0.2, 0.25) is 0 Å². The minimum Gasteiger partial charge on any atom is -0.388 e. The second-order valence-electron chi connectivity index (χ2n) is 4.77. The molecule has 0 aliphatic carbocycles. The monoisotopic (exact) mass is 248 g/mol. The lowest BCUT2D eigenvalue weighted by molar-refractivity contribution is 0.184. The Kier molecular flexibility index (Phi) is 3.06. The van der Waals surface area contributed by atoms with Crippen LogP contribution in [0, 0.1) is 0 Å². The average Bonchev–Trinajstić information content (AvgIpc) is 2.44. The molecule has 1 heteroatoms. The van der Waals surface area contributed by atoms with Crippen molar-refractivity contribution in [2.24, 2.45) is 0 Å². The fourth-order valence-corrected chi connectivity index (χ4v) is 2.68. The lowest BCUT2D eigenvalue weighted by Gasteiger charge is -2.15. The molecule has 0 saturated carbocycles. The molecule has 3 aromatic carbocycles. The lowest BCUT2D eigenvalue weighted by Crippen LogP contribution is -1.98. The quantitative estimate of drug-likeness (QED) is 0.530. The Morgan fingerprint density at radius 3 is 2.00 bits per heavy atom. The van der Waals surface area contributed by atoms with Gasteiger partial charge in [-0.3, -0.25) is 0 Å². The first-order valence-electron chi connectivity index (χ1n) is 6.50. The van der Waals surface area contributed by atoms with E-state index in [0.717, 1.165) is 16.3 Å². The molecular formula is C18H16O. The van der Waals surface area contributed by atoms with Crippen LogP contribution in [0.4, 0.5) is 0 Å². The van der Waals surface area contributed by atoms with Crippen molar-refractivity contribution in [1.29, 1.82) is 0 Å². The molecule has 1 N–H and O–H groups in total. The highest BCUT2D eigenvalue weighted by Gasteiger charge is 2.13. The van der Waals surface area contributed by atoms with Gasteiger partial charge in [0.05, 0.1) is 6.10 Å². The van der Waals surface area contributed by atoms with Gasteiger partial charge in [-0.15, -0.1) is 6.58 Å². The summed E-state index contributed by atoms with van der Waals surface area (Å²) in [6, 6.07) is 18.6. The Balaban J connectivity index is 2.42. The van der Waals surface area contributed by atoms with Crippen LogP contribution < -0.4 is 0 Å². The third-order valence-corrected chi connectivity index (χ3v) is 3.54. The summed E-state index contributed by atoms with van der Waals surface area (Å²) in [4.78, 5) is 0. The van der Waals surface area contributed by atoms with E-state index in [4.69, 9.17) is 0 Å². The van der Waals surface area contributed by atoms with Gasteiger partial charge in [0.1, 0.15) is 0 Å². The summed E-state index contributed by atoms with van der Waals surface area (Å²) in [7, 11) is 0. The third-order valence-electron chi connectivity index (χ3n) is 3.54. The van der Waals surface area contributed by atoms with Crippen LogP contribution in [0.2, 0.25) is 0 Å². The number of rotatable bonds is 3. The summed E-state index contributed by atoms with van der Waals surface area (Å²) >= 11 is 0. The van der Waals surface area contributed by atoms with E-state index < -0.39 is 6.10 Å². The average molecular weight is 248 g/mol. The van der Waals surface area contributed by atoms with E-state index in [2.05, 4.69) is 36.9 Å². The molecular weight excluding hydrogens is 232 g/mol. The SMILES string of the molecule is C=CC[C@@H](O)c1c2ccccc2cc2ccccc12. The zero-order valence-corrected chi connectivity index (χ0v) is 10.7. The first kappa shape index (κ1) is 11.9. The van der Waals surface area contributed by atoms with Crippen LogP contribution >= 0.6 is 0 Å². The normalized spacial score (nSPS) is 12.7. The van der Waals surface area contributed by atoms with Gasteiger partial charge < -0.3 is 5.11 Å². The number of benzene rings is 3. The Morgan fingerprint density at radius 1 is 0.947 bits per heavy atom. The highest BCUT2D eigenvalue weighted by Crippen LogP contribution is 2.34. The molecule has 0 aliphatic heterocycles. The Hall–Kier alpha value is -2.12. The van der Waals surface area contributed by atoms with Gasteiger partial charge in [0.15, 0.2) is 0 Å². The first-order chi connectivity index (χ1) is 9.31. The van der Waals surface area contributed by atoms with Crippen LogP contribution in [-0.4, -0.2) is 5.11 Å². The van der Waals surface area contributed by atoms with Crippen LogP contribution in [-0.2, 0) is 0 Å². The first-order valence-corrected chi connectivity index (χ1v) is 6.50. The molecule has 0 unspecified atom stereocenters. The van der Waals surface area contributed by atoms with Gasteiger partial charge in [-0.05, 0) is 39.6 Å². The molecule has 0 spiro atoms. The number of aliphatic hydroxyl groups is 1. The highest BCUT2D eigenvalue weighted by atomic mass is 16.3. The van der Waals surface area contributed by atoms with E-state index in [1.165, 1.54) is 10.8 Å². The summed E-state index contributed by atoms with van der Waals surface area (Å²) < 4.78 is 0. The zero-order valence-electron chi connectivity index (χ0n) is 10.7. The van der Waals surface area contributed by atoms with Crippen molar-refractivity contribution in [1.82, 2.24) is 0 Å². The van der Waals surface area contributed by atoms with Gasteiger partial charge in [-0.25, -0.2) is 0 Å². The predicted molar refractivity (Wildman–Crippen MR) is 81.2 cm³/mol. The van der Waals surface area contributed by atoms with Crippen LogP contribution in [0.5, 0.6) is 0 Å². The highest BCUT2D eigenvalue weighted by molar-refractivity contribution is 6.02. The number of aliphatic hydroxyl groups excluding tert-OH is 1. The zero-order chi connectivity index (χ0) is 13.2. The molecule has 0 bridgehead atoms. The standard InChI is InChI=1S/C18H16O/c1-2-7-17(19)18-15-10-5-3-8-13(15)12-14-9-4-6-11-16(14)18/h2-6,8-12,17,19H,1,7H2/t17-/m1/s1. The Morgan fingerprint density at radius 2 is 1.47 bits per heavy atom. The third kappa shape index (κ3) is 2.02. The predicted octanol–water partition coefficient (Wildman–Crippen LogP) is 4.60. The van der Waals surface area contributed by atoms with Crippen LogP contribution in [0.1, 0.15) is 18.1 Å². The van der Waals surface area contributed by atoms with Gasteiger partial charge in [0.25, 0.3) is 0 Å². The van der Waals surface area contributed by atoms with Crippen LogP contribution in [0.3, 0.4) is 0 Å². The van der Waals surface area contributed by atoms with E-state index in [1.807, 2.05) is 24.3 Å². The van der Waals surface area contributed by atoms with E-state index in [1.54, 1.807) is 6.08 Å². The molecule has 3 rings (SSSR count). The topological polar surface area (TPSA) is 20.2 Å². The van der Waals surface area contributed by atoms with Gasteiger partial charge in [0, 0.05) is 0 Å². The van der Waals surface area contributed by atoms with E-state index in [0.29, 0.717) is 6.42 Å². The molecule has 1 nitrogen and oxygen atoms in total. The molecule has 0 heterocycles. The van der Waals surface area contributed by atoms with Crippen molar-refractivity contribution in [3.05, 3.63) is 72.8 Å². The minimum absolute atomic E-state index is 0.506. The van der Waals surface area contributed by atoms with Crippen molar-refractivity contribution in [2.45, 2.75) is 12.5 Å². The molecule has 0 saturated heterocycles. The maximum atomic E-state index is 10.4. The summed E-state index contributed by atoms with van der Waals surface area (Å²) in [6.45, 7) is 3.73. The second kappa shape index (κ2) is 4.87. The maximum absolute atomic E-state index is 10.4. The largest absolute Gasteiger partial charge is 0.388 e. The Labute approximate surface area is 112 Å². The van der Waals surface area contributed by atoms with Gasteiger partial charge >= 0.3 is 0 Å². The molecule has 0 aromatic heterocycles. The van der Waals surface area contributed by atoms with Crippen molar-refractivity contribution in [2.75, 3.05) is 0 Å². The number of hydrogen-bond donors (Lipinski definition) is 1. The van der Waals surface area contributed by atoms with Crippen molar-refractivity contribution in [3.63, 3.8) is 0 Å². The molecule has 94 valence electrons. The van der Waals surface area contributed by atoms with Gasteiger partial charge in [-0.1, -0.05) is 54.6 Å². The van der Waals surface area contributed by atoms with E-state index >= 15 is 0 Å². The van der Waals surface area contributed by atoms with Crippen LogP contribution in [0.25, 0.3) is 21.5 Å². The molecule has 1 atom stereocenters. The Bertz CT molecular complexity index is 689. The van der Waals surface area contributed by atoms with Crippen molar-refractivity contribution >= 4 is 21.5 Å². The minimum atomic E-state index is -0.506. The van der Waals surface area contributed by atoms with Crippen molar-refractivity contribution < 1.29 is 5.11 Å². The molecule has 3 aromatic rings. The fourth-order valence-electron chi connectivity index (χ4n) is 2.68. The lowest BCUT2D eigenvalue weighted by atomic mass is 9.92. The molecule has 0 radical (unpaired) electrons. The van der Waals surface area contributed by atoms with Gasteiger partial charge in [-0.2, -0.15) is 0 Å². The second-order valence-corrected chi connectivity index (χ2v) is 4.77. The number of hydrogen-bond acceptors (Lipinski definition) is 1. The summed E-state index contributed by atoms with van der Waals surface area (Å²) in [5, 5.41) is 15.0. The maximum Gasteiger partial charge on any atom is 0.0836 e. The summed E-state index contributed by atoms with van der Waals surface area (Å²) in [6.07, 6.45) is 1.83. The van der Waals surface area contributed by atoms with E-state index in [-0.39, 0.29) is 0 Å². The molecule has 0 amide bonds. The van der Waals surface area contributed by atoms with E-state index in [9.17, 15) is 5.11 Å².